The molecule has 2 N–H and O–H groups in total. The first kappa shape index (κ1) is 18.8. The smallest absolute Gasteiger partial charge is 0.255 e. The summed E-state index contributed by atoms with van der Waals surface area (Å²) in [5.41, 5.74) is 6.17. The lowest BCUT2D eigenvalue weighted by molar-refractivity contribution is -0.119. The zero-order valence-corrected chi connectivity index (χ0v) is 15.3. The van der Waals surface area contributed by atoms with E-state index in [9.17, 15) is 4.79 Å². The molecular formula is C17H26ClN3O3. The predicted octanol–water partition coefficient (Wildman–Crippen LogP) is 1.74. The van der Waals surface area contributed by atoms with Gasteiger partial charge in [-0.3, -0.25) is 9.69 Å². The molecule has 1 atom stereocenters. The Bertz CT molecular complexity index is 580. The molecule has 134 valence electrons. The number of carbonyl (C=O) groups excluding carboxylic acids is 1. The summed E-state index contributed by atoms with van der Waals surface area (Å²) in [6.07, 6.45) is 2.42. The number of methoxy groups -OCH3 is 1. The molecule has 2 rings (SSSR count). The number of carbonyl (C=O) groups is 1. The minimum atomic E-state index is -0.555. The van der Waals surface area contributed by atoms with E-state index in [1.807, 2.05) is 12.1 Å². The standard InChI is InChI=1S/C17H26ClN3O3/c1-20(2)13-5-4-6-21(10-13)9-12-7-14(18)17(15(8-12)23-3)24-11-16(19)22/h7-8,13H,4-6,9-11H2,1-3H3,(H2,19,22)/t13-/m1/s1. The van der Waals surface area contributed by atoms with E-state index in [2.05, 4.69) is 23.9 Å². The highest BCUT2D eigenvalue weighted by molar-refractivity contribution is 6.32. The van der Waals surface area contributed by atoms with Gasteiger partial charge >= 0.3 is 0 Å². The van der Waals surface area contributed by atoms with Crippen LogP contribution in [0.3, 0.4) is 0 Å². The van der Waals surface area contributed by atoms with Crippen LogP contribution in [-0.4, -0.2) is 62.7 Å². The molecule has 0 aliphatic carbocycles. The lowest BCUT2D eigenvalue weighted by atomic mass is 10.0. The van der Waals surface area contributed by atoms with Gasteiger partial charge in [-0.05, 0) is 51.2 Å². The van der Waals surface area contributed by atoms with Crippen LogP contribution in [0.1, 0.15) is 18.4 Å². The van der Waals surface area contributed by atoms with Gasteiger partial charge in [-0.15, -0.1) is 0 Å². The number of likely N-dealkylation sites (tertiary alicyclic amines) is 1. The minimum absolute atomic E-state index is 0.230. The molecule has 0 bridgehead atoms. The van der Waals surface area contributed by atoms with Crippen LogP contribution in [0, 0.1) is 0 Å². The summed E-state index contributed by atoms with van der Waals surface area (Å²) < 4.78 is 10.7. The molecule has 1 amide bonds. The molecule has 6 nitrogen and oxygen atoms in total. The van der Waals surface area contributed by atoms with Crippen LogP contribution in [-0.2, 0) is 11.3 Å². The first-order valence-corrected chi connectivity index (χ1v) is 8.44. The van der Waals surface area contributed by atoms with Crippen LogP contribution in [0.5, 0.6) is 11.5 Å². The summed E-state index contributed by atoms with van der Waals surface area (Å²) in [6.45, 7) is 2.68. The number of nitrogens with zero attached hydrogens (tertiary/aromatic N) is 2. The van der Waals surface area contributed by atoms with Crippen LogP contribution in [0.4, 0.5) is 0 Å². The van der Waals surface area contributed by atoms with Crippen molar-refractivity contribution in [1.82, 2.24) is 9.80 Å². The maximum atomic E-state index is 10.9. The molecule has 1 fully saturated rings. The number of piperidine rings is 1. The number of hydrogen-bond donors (Lipinski definition) is 1. The highest BCUT2D eigenvalue weighted by Crippen LogP contribution is 2.37. The van der Waals surface area contributed by atoms with E-state index < -0.39 is 5.91 Å². The van der Waals surface area contributed by atoms with Crippen molar-refractivity contribution >= 4 is 17.5 Å². The van der Waals surface area contributed by atoms with Gasteiger partial charge in [-0.25, -0.2) is 0 Å². The largest absolute Gasteiger partial charge is 0.493 e. The lowest BCUT2D eigenvalue weighted by Crippen LogP contribution is -2.44. The Kier molecular flexibility index (Phi) is 6.71. The van der Waals surface area contributed by atoms with Crippen molar-refractivity contribution in [3.05, 3.63) is 22.7 Å². The summed E-state index contributed by atoms with van der Waals surface area (Å²) in [5, 5.41) is 0.423. The monoisotopic (exact) mass is 355 g/mol. The first-order valence-electron chi connectivity index (χ1n) is 8.07. The molecular weight excluding hydrogens is 330 g/mol. The zero-order valence-electron chi connectivity index (χ0n) is 14.5. The van der Waals surface area contributed by atoms with E-state index >= 15 is 0 Å². The fraction of sp³-hybridized carbons (Fsp3) is 0.588. The third-order valence-electron chi connectivity index (χ3n) is 4.27. The van der Waals surface area contributed by atoms with Crippen molar-refractivity contribution in [2.24, 2.45) is 5.73 Å². The third-order valence-corrected chi connectivity index (χ3v) is 4.55. The predicted molar refractivity (Wildman–Crippen MR) is 94.7 cm³/mol. The Morgan fingerprint density at radius 1 is 1.46 bits per heavy atom. The third kappa shape index (κ3) is 5.00. The Balaban J connectivity index is 2.10. The van der Waals surface area contributed by atoms with E-state index in [1.54, 1.807) is 7.11 Å². The second kappa shape index (κ2) is 8.55. The number of ether oxygens (including phenoxy) is 2. The number of hydrogen-bond acceptors (Lipinski definition) is 5. The Morgan fingerprint density at radius 2 is 2.21 bits per heavy atom. The number of nitrogens with two attached hydrogens (primary N) is 1. The minimum Gasteiger partial charge on any atom is -0.493 e. The van der Waals surface area contributed by atoms with Crippen molar-refractivity contribution in [3.8, 4) is 11.5 Å². The van der Waals surface area contributed by atoms with Gasteiger partial charge in [0, 0.05) is 19.1 Å². The Morgan fingerprint density at radius 3 is 2.83 bits per heavy atom. The van der Waals surface area contributed by atoms with Crippen LogP contribution >= 0.6 is 11.6 Å². The molecule has 0 radical (unpaired) electrons. The lowest BCUT2D eigenvalue weighted by Gasteiger charge is -2.36. The van der Waals surface area contributed by atoms with Gasteiger partial charge in [0.15, 0.2) is 18.1 Å². The molecule has 1 aliphatic rings. The summed E-state index contributed by atoms with van der Waals surface area (Å²) in [7, 11) is 5.80. The van der Waals surface area contributed by atoms with Gasteiger partial charge in [0.1, 0.15) is 0 Å². The fourth-order valence-corrected chi connectivity index (χ4v) is 3.29. The fourth-order valence-electron chi connectivity index (χ4n) is 3.00. The van der Waals surface area contributed by atoms with Crippen LogP contribution in [0.15, 0.2) is 12.1 Å². The molecule has 24 heavy (non-hydrogen) atoms. The van der Waals surface area contributed by atoms with Crippen molar-refractivity contribution in [1.29, 1.82) is 0 Å². The maximum absolute atomic E-state index is 10.9. The van der Waals surface area contributed by atoms with Crippen molar-refractivity contribution in [2.75, 3.05) is 40.9 Å². The summed E-state index contributed by atoms with van der Waals surface area (Å²) in [5.74, 6) is 0.312. The number of amides is 1. The summed E-state index contributed by atoms with van der Waals surface area (Å²) >= 11 is 6.31. The molecule has 0 saturated carbocycles. The average molecular weight is 356 g/mol. The van der Waals surface area contributed by atoms with E-state index in [4.69, 9.17) is 26.8 Å². The van der Waals surface area contributed by atoms with Gasteiger partial charge in [0.2, 0.25) is 0 Å². The topological polar surface area (TPSA) is 68.0 Å². The van der Waals surface area contributed by atoms with E-state index in [1.165, 1.54) is 12.8 Å². The highest BCUT2D eigenvalue weighted by Gasteiger charge is 2.22. The molecule has 1 aliphatic heterocycles. The van der Waals surface area contributed by atoms with Gasteiger partial charge in [-0.2, -0.15) is 0 Å². The van der Waals surface area contributed by atoms with E-state index in [0.29, 0.717) is 22.6 Å². The average Bonchev–Trinajstić information content (AvgIpc) is 2.53. The van der Waals surface area contributed by atoms with Gasteiger partial charge in [0.25, 0.3) is 5.91 Å². The number of benzene rings is 1. The molecule has 0 aromatic heterocycles. The Labute approximate surface area is 148 Å². The van der Waals surface area contributed by atoms with Crippen LogP contribution < -0.4 is 15.2 Å². The first-order chi connectivity index (χ1) is 11.4. The van der Waals surface area contributed by atoms with Crippen LogP contribution in [0.2, 0.25) is 5.02 Å². The van der Waals surface area contributed by atoms with E-state index in [0.717, 1.165) is 25.2 Å². The number of likely N-dealkylation sites (N-methyl/N-ethyl adjacent to an activating group) is 1. The summed E-state index contributed by atoms with van der Waals surface area (Å²) in [4.78, 5) is 15.6. The molecule has 0 spiro atoms. The highest BCUT2D eigenvalue weighted by atomic mass is 35.5. The molecule has 0 unspecified atom stereocenters. The van der Waals surface area contributed by atoms with Gasteiger partial charge < -0.3 is 20.1 Å². The second-order valence-corrected chi connectivity index (χ2v) is 6.77. The normalized spacial score (nSPS) is 18.6. The number of primary amides is 1. The molecule has 1 aromatic carbocycles. The molecule has 7 heteroatoms. The number of rotatable bonds is 7. The summed E-state index contributed by atoms with van der Waals surface area (Å²) in [6, 6.07) is 4.34. The number of halogens is 1. The SMILES string of the molecule is COc1cc(CN2CCC[C@@H](N(C)C)C2)cc(Cl)c1OCC(N)=O. The van der Waals surface area contributed by atoms with Gasteiger partial charge in [0.05, 0.1) is 12.1 Å². The van der Waals surface area contributed by atoms with Crippen molar-refractivity contribution < 1.29 is 14.3 Å². The zero-order chi connectivity index (χ0) is 17.7. The van der Waals surface area contributed by atoms with Crippen molar-refractivity contribution in [2.45, 2.75) is 25.4 Å². The molecule has 1 heterocycles. The second-order valence-electron chi connectivity index (χ2n) is 6.36. The van der Waals surface area contributed by atoms with Gasteiger partial charge in [-0.1, -0.05) is 11.6 Å². The molecule has 1 saturated heterocycles. The Hall–Kier alpha value is -1.50. The van der Waals surface area contributed by atoms with E-state index in [-0.39, 0.29) is 6.61 Å². The maximum Gasteiger partial charge on any atom is 0.255 e. The quantitative estimate of drug-likeness (QED) is 0.807. The molecule has 1 aromatic rings. The van der Waals surface area contributed by atoms with Crippen molar-refractivity contribution in [3.63, 3.8) is 0 Å². The van der Waals surface area contributed by atoms with Crippen LogP contribution in [0.25, 0.3) is 0 Å².